The fraction of sp³-hybridized carbons (Fsp3) is 0.421. The Morgan fingerprint density at radius 2 is 1.59 bits per heavy atom. The molecule has 3 aromatic rings. The summed E-state index contributed by atoms with van der Waals surface area (Å²) in [5.41, 5.74) is 7.32. The molecule has 272 valence electrons. The zero-order valence-corrected chi connectivity index (χ0v) is 29.9. The number of fused-ring (bicyclic) bond motifs is 1. The lowest BCUT2D eigenvalue weighted by atomic mass is 9.91. The monoisotopic (exact) mass is 702 g/mol. The molecule has 51 heavy (non-hydrogen) atoms. The molecule has 13 nitrogen and oxygen atoms in total. The molecule has 13 heteroatoms. The van der Waals surface area contributed by atoms with E-state index in [-0.39, 0.29) is 18.4 Å². The van der Waals surface area contributed by atoms with E-state index < -0.39 is 48.4 Å². The second-order valence-corrected chi connectivity index (χ2v) is 13.4. The van der Waals surface area contributed by atoms with E-state index in [1.165, 1.54) is 13.8 Å². The molecule has 2 atom stereocenters. The zero-order valence-electron chi connectivity index (χ0n) is 29.9. The van der Waals surface area contributed by atoms with Crippen molar-refractivity contribution in [2.75, 3.05) is 19.9 Å². The van der Waals surface area contributed by atoms with E-state index >= 15 is 0 Å². The topological polar surface area (TPSA) is 180 Å². The first-order chi connectivity index (χ1) is 24.1. The first-order valence-corrected chi connectivity index (χ1v) is 16.7. The highest BCUT2D eigenvalue weighted by Gasteiger charge is 2.27. The van der Waals surface area contributed by atoms with Crippen molar-refractivity contribution < 1.29 is 42.9 Å². The number of rotatable bonds is 11. The van der Waals surface area contributed by atoms with Gasteiger partial charge >= 0.3 is 24.0 Å². The van der Waals surface area contributed by atoms with Crippen LogP contribution in [0.5, 0.6) is 5.75 Å². The van der Waals surface area contributed by atoms with Gasteiger partial charge in [-0.3, -0.25) is 19.8 Å². The number of piperidine rings is 1. The molecule has 0 bridgehead atoms. The van der Waals surface area contributed by atoms with Crippen LogP contribution in [-0.2, 0) is 39.8 Å². The second-order valence-electron chi connectivity index (χ2n) is 13.4. The Balaban J connectivity index is 1.53. The fourth-order valence-electron chi connectivity index (χ4n) is 5.48. The molecule has 1 aliphatic rings. The van der Waals surface area contributed by atoms with Crippen molar-refractivity contribution >= 4 is 46.4 Å². The van der Waals surface area contributed by atoms with E-state index in [4.69, 9.17) is 34.8 Å². The van der Waals surface area contributed by atoms with Crippen molar-refractivity contribution in [3.05, 3.63) is 77.4 Å². The number of aliphatic imine (C=N–C) groups is 1. The number of hydrogen-bond acceptors (Lipinski definition) is 10. The quantitative estimate of drug-likeness (QED) is 0.106. The van der Waals surface area contributed by atoms with Gasteiger partial charge < -0.3 is 34.3 Å². The van der Waals surface area contributed by atoms with E-state index in [2.05, 4.69) is 4.99 Å². The lowest BCUT2D eigenvalue weighted by molar-refractivity contribution is -0.174. The number of nitrogens with one attached hydrogen (secondary N) is 1. The highest BCUT2D eigenvalue weighted by Crippen LogP contribution is 2.28. The summed E-state index contributed by atoms with van der Waals surface area (Å²) in [6.45, 7) is 10.5. The average molecular weight is 703 g/mol. The maximum absolute atomic E-state index is 13.5. The van der Waals surface area contributed by atoms with Crippen molar-refractivity contribution in [1.29, 1.82) is 5.41 Å². The van der Waals surface area contributed by atoms with Gasteiger partial charge in [0, 0.05) is 45.3 Å². The summed E-state index contributed by atoms with van der Waals surface area (Å²) in [7, 11) is 0. The van der Waals surface area contributed by atoms with Crippen LogP contribution in [0.25, 0.3) is 10.8 Å². The van der Waals surface area contributed by atoms with E-state index in [9.17, 15) is 19.2 Å². The largest absolute Gasteiger partial charge is 0.490 e. The molecule has 0 aromatic heterocycles. The predicted molar refractivity (Wildman–Crippen MR) is 190 cm³/mol. The SMILES string of the molecule is CC(=N)N1CCC(Oc2ccc(C(Cc3ccc4ccc(C(N)=NC(=O)OC(C)OC(C)=O)cc4c3)C(=O)OCOC(=O)C(C)(C)C)cc2)CC1. The summed E-state index contributed by atoms with van der Waals surface area (Å²) in [6, 6.07) is 18.4. The lowest BCUT2D eigenvalue weighted by Gasteiger charge is -2.32. The molecule has 1 heterocycles. The third kappa shape index (κ3) is 11.3. The number of hydrogen-bond donors (Lipinski definition) is 2. The molecule has 1 aliphatic heterocycles. The first-order valence-electron chi connectivity index (χ1n) is 16.7. The maximum atomic E-state index is 13.5. The molecular weight excluding hydrogens is 656 g/mol. The summed E-state index contributed by atoms with van der Waals surface area (Å²) in [5.74, 6) is -1.26. The molecule has 0 aliphatic carbocycles. The second kappa shape index (κ2) is 17.0. The number of esters is 3. The summed E-state index contributed by atoms with van der Waals surface area (Å²) in [5, 5.41) is 9.52. The van der Waals surface area contributed by atoms with E-state index in [1.807, 2.05) is 53.4 Å². The number of nitrogens with two attached hydrogens (primary N) is 1. The molecule has 0 saturated carbocycles. The van der Waals surface area contributed by atoms with Gasteiger partial charge in [-0.15, -0.1) is 0 Å². The molecule has 0 radical (unpaired) electrons. The van der Waals surface area contributed by atoms with E-state index in [1.54, 1.807) is 39.8 Å². The Bertz CT molecular complexity index is 1770. The normalized spacial score (nSPS) is 15.0. The van der Waals surface area contributed by atoms with Crippen LogP contribution in [0.4, 0.5) is 4.79 Å². The van der Waals surface area contributed by atoms with Gasteiger partial charge in [0.15, 0.2) is 0 Å². The Hall–Kier alpha value is -5.46. The molecular formula is C38H46N4O9. The van der Waals surface area contributed by atoms with Crippen LogP contribution in [0.15, 0.2) is 65.7 Å². The van der Waals surface area contributed by atoms with Gasteiger partial charge in [-0.1, -0.05) is 42.5 Å². The molecule has 2 unspecified atom stereocenters. The van der Waals surface area contributed by atoms with Crippen LogP contribution in [0.1, 0.15) is 77.0 Å². The number of carbonyl (C=O) groups is 4. The summed E-state index contributed by atoms with van der Waals surface area (Å²) < 4.78 is 26.6. The van der Waals surface area contributed by atoms with Crippen molar-refractivity contribution in [2.45, 2.75) is 79.1 Å². The van der Waals surface area contributed by atoms with Gasteiger partial charge in [-0.25, -0.2) is 4.79 Å². The Labute approximate surface area is 297 Å². The summed E-state index contributed by atoms with van der Waals surface area (Å²) in [4.78, 5) is 54.9. The van der Waals surface area contributed by atoms with Gasteiger partial charge in [0.1, 0.15) is 17.7 Å². The molecule has 3 N–H and O–H groups in total. The number of nitrogens with zero attached hydrogens (tertiary/aromatic N) is 2. The Morgan fingerprint density at radius 3 is 2.22 bits per heavy atom. The van der Waals surface area contributed by atoms with Gasteiger partial charge in [-0.05, 0) is 74.2 Å². The van der Waals surface area contributed by atoms with Crippen LogP contribution in [0.3, 0.4) is 0 Å². The molecule has 1 amide bonds. The third-order valence-corrected chi connectivity index (χ3v) is 8.24. The minimum Gasteiger partial charge on any atom is -0.490 e. The average Bonchev–Trinajstić information content (AvgIpc) is 3.06. The number of benzene rings is 3. The minimum atomic E-state index is -1.12. The van der Waals surface area contributed by atoms with E-state index in [0.29, 0.717) is 22.7 Å². The zero-order chi connectivity index (χ0) is 37.3. The maximum Gasteiger partial charge on any atom is 0.438 e. The lowest BCUT2D eigenvalue weighted by Crippen LogP contribution is -2.40. The Kier molecular flexibility index (Phi) is 12.8. The van der Waals surface area contributed by atoms with Crippen LogP contribution in [-0.4, -0.2) is 72.8 Å². The number of ether oxygens (including phenoxy) is 5. The van der Waals surface area contributed by atoms with Gasteiger partial charge in [-0.2, -0.15) is 4.99 Å². The number of likely N-dealkylation sites (tertiary alicyclic amines) is 1. The molecule has 0 spiro atoms. The summed E-state index contributed by atoms with van der Waals surface area (Å²) >= 11 is 0. The van der Waals surface area contributed by atoms with Crippen molar-refractivity contribution in [2.24, 2.45) is 16.1 Å². The van der Waals surface area contributed by atoms with Crippen molar-refractivity contribution in [3.63, 3.8) is 0 Å². The Morgan fingerprint density at radius 1 is 0.922 bits per heavy atom. The first kappa shape index (κ1) is 38.3. The van der Waals surface area contributed by atoms with Gasteiger partial charge in [0.05, 0.1) is 17.2 Å². The molecule has 3 aromatic carbocycles. The summed E-state index contributed by atoms with van der Waals surface area (Å²) in [6.07, 6.45) is -0.231. The number of amides is 1. The van der Waals surface area contributed by atoms with Crippen LogP contribution in [0.2, 0.25) is 0 Å². The molecule has 1 saturated heterocycles. The van der Waals surface area contributed by atoms with Crippen LogP contribution < -0.4 is 10.5 Å². The number of amidine groups is 2. The van der Waals surface area contributed by atoms with Crippen molar-refractivity contribution in [1.82, 2.24) is 4.90 Å². The van der Waals surface area contributed by atoms with Gasteiger partial charge in [0.2, 0.25) is 13.1 Å². The standard InChI is InChI=1S/C38H46N4O9/c1-23(39)42-17-15-32(16-18-42)51-31-13-11-28(12-14-31)33(35(44)47-22-48-36(45)38(4,5)6)20-26-7-8-27-9-10-29(21-30(27)19-26)34(40)41-37(46)50-25(3)49-24(2)43/h7-14,19,21,25,32-33,39H,15-18,20,22H2,1-6H3,(H2,40,41,46). The van der Waals surface area contributed by atoms with Gasteiger partial charge in [0.25, 0.3) is 0 Å². The highest BCUT2D eigenvalue weighted by molar-refractivity contribution is 6.05. The molecule has 1 fully saturated rings. The molecule has 4 rings (SSSR count). The third-order valence-electron chi connectivity index (χ3n) is 8.24. The van der Waals surface area contributed by atoms with Crippen molar-refractivity contribution in [3.8, 4) is 5.75 Å². The predicted octanol–water partition coefficient (Wildman–Crippen LogP) is 5.85. The fourth-order valence-corrected chi connectivity index (χ4v) is 5.48. The van der Waals surface area contributed by atoms with Crippen LogP contribution in [0, 0.1) is 10.8 Å². The highest BCUT2D eigenvalue weighted by atomic mass is 16.7. The van der Waals surface area contributed by atoms with E-state index in [0.717, 1.165) is 42.3 Å². The van der Waals surface area contributed by atoms with Crippen LogP contribution >= 0.6 is 0 Å². The minimum absolute atomic E-state index is 0.0289. The smallest absolute Gasteiger partial charge is 0.438 e. The number of carbonyl (C=O) groups excluding carboxylic acids is 4.